The van der Waals surface area contributed by atoms with E-state index in [1.54, 1.807) is 0 Å². The first kappa shape index (κ1) is 10.1. The highest BCUT2D eigenvalue weighted by Gasteiger charge is 2.19. The van der Waals surface area contributed by atoms with Crippen molar-refractivity contribution in [3.8, 4) is 0 Å². The summed E-state index contributed by atoms with van der Waals surface area (Å²) in [7, 11) is 0. The molecule has 1 aromatic rings. The number of hydrogen-bond acceptors (Lipinski definition) is 0. The Bertz CT molecular complexity index is 281. The highest BCUT2D eigenvalue weighted by atomic mass is 32.1. The van der Waals surface area contributed by atoms with Crippen molar-refractivity contribution in [1.82, 2.24) is 0 Å². The molecule has 0 bridgehead atoms. The number of rotatable bonds is 1. The molecule has 1 saturated carbocycles. The summed E-state index contributed by atoms with van der Waals surface area (Å²) in [5.74, 6) is 1.76. The van der Waals surface area contributed by atoms with Gasteiger partial charge in [0.05, 0.1) is 0 Å². The van der Waals surface area contributed by atoms with Crippen LogP contribution in [0.5, 0.6) is 0 Å². The molecule has 0 radical (unpaired) electrons. The molecule has 0 N–H and O–H groups in total. The van der Waals surface area contributed by atoms with E-state index in [1.165, 1.54) is 36.1 Å². The van der Waals surface area contributed by atoms with Crippen molar-refractivity contribution >= 4 is 12.6 Å². The third-order valence-electron chi connectivity index (χ3n) is 3.40. The Labute approximate surface area is 92.1 Å². The predicted octanol–water partition coefficient (Wildman–Crippen LogP) is 3.35. The summed E-state index contributed by atoms with van der Waals surface area (Å²) in [6.45, 7) is 2.37. The fourth-order valence-electron chi connectivity index (χ4n) is 2.35. The molecule has 14 heavy (non-hydrogen) atoms. The topological polar surface area (TPSA) is 0 Å². The van der Waals surface area contributed by atoms with Gasteiger partial charge in [-0.05, 0) is 55.0 Å². The van der Waals surface area contributed by atoms with Gasteiger partial charge in [-0.2, -0.15) is 0 Å². The fraction of sp³-hybridized carbons (Fsp3) is 0.538. The molecule has 2 rings (SSSR count). The number of benzene rings is 1. The van der Waals surface area contributed by atoms with Gasteiger partial charge in [0, 0.05) is 0 Å². The predicted molar refractivity (Wildman–Crippen MR) is 65.2 cm³/mol. The van der Waals surface area contributed by atoms with Crippen LogP contribution in [0.15, 0.2) is 29.2 Å². The standard InChI is InChI=1S/C13H18S/c1-10-2-4-11(5-3-10)12-6-8-13(14)9-7-12/h6-11,14H,2-5H2,1H3/p+1. The van der Waals surface area contributed by atoms with Gasteiger partial charge in [-0.25, -0.2) is 0 Å². The zero-order chi connectivity index (χ0) is 9.97. The Morgan fingerprint density at radius 1 is 1.00 bits per heavy atom. The Hall–Kier alpha value is -0.430. The van der Waals surface area contributed by atoms with Gasteiger partial charge in [-0.1, -0.05) is 31.9 Å². The summed E-state index contributed by atoms with van der Waals surface area (Å²) >= 11 is 3.53. The second-order valence-corrected chi connectivity index (χ2v) is 5.16. The van der Waals surface area contributed by atoms with Crippen LogP contribution < -0.4 is 0 Å². The van der Waals surface area contributed by atoms with E-state index in [0.717, 1.165) is 11.8 Å². The molecule has 0 unspecified atom stereocenters. The third-order valence-corrected chi connectivity index (χ3v) is 3.73. The molecule has 0 atom stereocenters. The average molecular weight is 207 g/mol. The first-order chi connectivity index (χ1) is 6.75. The second-order valence-electron chi connectivity index (χ2n) is 4.58. The van der Waals surface area contributed by atoms with Gasteiger partial charge in [-0.3, -0.25) is 0 Å². The Morgan fingerprint density at radius 3 is 2.14 bits per heavy atom. The molecule has 0 saturated heterocycles. The summed E-state index contributed by atoms with van der Waals surface area (Å²) in [5.41, 5.74) is 1.53. The highest BCUT2D eigenvalue weighted by Crippen LogP contribution is 2.35. The lowest BCUT2D eigenvalue weighted by molar-refractivity contribution is 0.348. The Kier molecular flexibility index (Phi) is 3.17. The fourth-order valence-corrected chi connectivity index (χ4v) is 2.52. The maximum absolute atomic E-state index is 3.53. The lowest BCUT2D eigenvalue weighted by Gasteiger charge is -2.26. The van der Waals surface area contributed by atoms with Crippen LogP contribution in [-0.2, 0) is 12.6 Å². The van der Waals surface area contributed by atoms with E-state index in [0.29, 0.717) is 0 Å². The van der Waals surface area contributed by atoms with E-state index in [4.69, 9.17) is 0 Å². The van der Waals surface area contributed by atoms with Crippen molar-refractivity contribution in [2.45, 2.75) is 43.4 Å². The summed E-state index contributed by atoms with van der Waals surface area (Å²) < 4.78 is 0. The summed E-state index contributed by atoms with van der Waals surface area (Å²) in [4.78, 5) is 1.18. The first-order valence-electron chi connectivity index (χ1n) is 5.57. The zero-order valence-electron chi connectivity index (χ0n) is 8.79. The van der Waals surface area contributed by atoms with Crippen molar-refractivity contribution in [2.75, 3.05) is 0 Å². The van der Waals surface area contributed by atoms with Crippen molar-refractivity contribution in [2.24, 2.45) is 5.92 Å². The molecule has 0 spiro atoms. The largest absolute Gasteiger partial charge is 0.150 e. The minimum absolute atomic E-state index is 0.818. The summed E-state index contributed by atoms with van der Waals surface area (Å²) in [6.07, 6.45) is 5.56. The minimum atomic E-state index is 0.818. The quantitative estimate of drug-likeness (QED) is 0.620. The van der Waals surface area contributed by atoms with Crippen LogP contribution >= 0.6 is 0 Å². The van der Waals surface area contributed by atoms with Crippen LogP contribution in [0.25, 0.3) is 0 Å². The molecule has 1 heteroatoms. The van der Waals surface area contributed by atoms with Gasteiger partial charge in [0.2, 0.25) is 0 Å². The molecule has 0 nitrogen and oxygen atoms in total. The molecular formula is C13H19S+. The maximum Gasteiger partial charge on any atom is 0.150 e. The molecule has 76 valence electrons. The lowest BCUT2D eigenvalue weighted by atomic mass is 9.79. The zero-order valence-corrected chi connectivity index (χ0v) is 9.79. The highest BCUT2D eigenvalue weighted by molar-refractivity contribution is 7.58. The van der Waals surface area contributed by atoms with Gasteiger partial charge in [0.1, 0.15) is 4.90 Å². The van der Waals surface area contributed by atoms with Crippen molar-refractivity contribution in [1.29, 1.82) is 0 Å². The average Bonchev–Trinajstić information content (AvgIpc) is 2.21. The number of hydrogen-bond donors (Lipinski definition) is 0. The van der Waals surface area contributed by atoms with Gasteiger partial charge in [0.15, 0.2) is 0 Å². The lowest BCUT2D eigenvalue weighted by Crippen LogP contribution is -2.10. The Morgan fingerprint density at radius 2 is 1.57 bits per heavy atom. The van der Waals surface area contributed by atoms with Crippen LogP contribution in [0.2, 0.25) is 0 Å². The summed E-state index contributed by atoms with van der Waals surface area (Å²) in [6, 6.07) is 8.85. The molecular weight excluding hydrogens is 188 g/mol. The molecule has 1 aliphatic carbocycles. The third kappa shape index (κ3) is 2.33. The van der Waals surface area contributed by atoms with Gasteiger partial charge < -0.3 is 0 Å². The molecule has 1 fully saturated rings. The van der Waals surface area contributed by atoms with E-state index in [-0.39, 0.29) is 0 Å². The van der Waals surface area contributed by atoms with Gasteiger partial charge in [0.25, 0.3) is 0 Å². The van der Waals surface area contributed by atoms with Crippen LogP contribution in [0.1, 0.15) is 44.1 Å². The summed E-state index contributed by atoms with van der Waals surface area (Å²) in [5, 5.41) is 0. The van der Waals surface area contributed by atoms with Crippen molar-refractivity contribution in [3.05, 3.63) is 29.8 Å². The monoisotopic (exact) mass is 207 g/mol. The SMILES string of the molecule is CC1CCC(c2ccc([SH2+])cc2)CC1. The minimum Gasteiger partial charge on any atom is -0.0625 e. The van der Waals surface area contributed by atoms with Crippen LogP contribution in [0.3, 0.4) is 0 Å². The van der Waals surface area contributed by atoms with Crippen molar-refractivity contribution in [3.63, 3.8) is 0 Å². The molecule has 0 aliphatic heterocycles. The van der Waals surface area contributed by atoms with Crippen LogP contribution in [0, 0.1) is 5.92 Å². The smallest absolute Gasteiger partial charge is 0.0625 e. The second kappa shape index (κ2) is 4.39. The molecule has 0 heterocycles. The van der Waals surface area contributed by atoms with Gasteiger partial charge in [-0.15, -0.1) is 0 Å². The normalized spacial score (nSPS) is 27.6. The van der Waals surface area contributed by atoms with E-state index in [2.05, 4.69) is 43.8 Å². The maximum atomic E-state index is 3.53. The molecule has 0 aromatic heterocycles. The molecule has 1 aromatic carbocycles. The van der Waals surface area contributed by atoms with Crippen molar-refractivity contribution < 1.29 is 0 Å². The van der Waals surface area contributed by atoms with E-state index < -0.39 is 0 Å². The van der Waals surface area contributed by atoms with Crippen LogP contribution in [0.4, 0.5) is 0 Å². The van der Waals surface area contributed by atoms with E-state index >= 15 is 0 Å². The molecule has 1 aliphatic rings. The van der Waals surface area contributed by atoms with Crippen LogP contribution in [-0.4, -0.2) is 0 Å². The first-order valence-corrected chi connectivity index (χ1v) is 6.07. The Balaban J connectivity index is 2.05. The van der Waals surface area contributed by atoms with Gasteiger partial charge >= 0.3 is 0 Å². The van der Waals surface area contributed by atoms with E-state index in [9.17, 15) is 0 Å². The molecule has 0 amide bonds. The van der Waals surface area contributed by atoms with E-state index in [1.807, 2.05) is 0 Å².